The highest BCUT2D eigenvalue weighted by molar-refractivity contribution is 7.13. The molecule has 0 aromatic carbocycles. The SMILES string of the molecule is Cc1nc(CC(C)C)sc1C(=O)N1CCCC1c1ccsc1. The molecule has 5 heteroatoms. The Labute approximate surface area is 140 Å². The van der Waals surface area contributed by atoms with Crippen molar-refractivity contribution in [2.24, 2.45) is 5.92 Å². The Hall–Kier alpha value is -1.20. The standard InChI is InChI=1S/C17H22N2OS2/c1-11(2)9-15-18-12(3)16(22-15)17(20)19-7-4-5-14(19)13-6-8-21-10-13/h6,8,10-11,14H,4-5,7,9H2,1-3H3. The fourth-order valence-electron chi connectivity index (χ4n) is 3.04. The van der Waals surface area contributed by atoms with Gasteiger partial charge in [-0.05, 0) is 48.1 Å². The van der Waals surface area contributed by atoms with Gasteiger partial charge in [-0.25, -0.2) is 4.98 Å². The van der Waals surface area contributed by atoms with Gasteiger partial charge < -0.3 is 4.90 Å². The molecule has 22 heavy (non-hydrogen) atoms. The molecule has 1 aliphatic rings. The van der Waals surface area contributed by atoms with E-state index in [-0.39, 0.29) is 11.9 Å². The summed E-state index contributed by atoms with van der Waals surface area (Å²) in [5, 5.41) is 5.34. The van der Waals surface area contributed by atoms with E-state index >= 15 is 0 Å². The third-order valence-corrected chi connectivity index (χ3v) is 5.93. The summed E-state index contributed by atoms with van der Waals surface area (Å²) in [5.74, 6) is 0.734. The minimum Gasteiger partial charge on any atom is -0.331 e. The van der Waals surface area contributed by atoms with Gasteiger partial charge in [0.05, 0.1) is 16.7 Å². The number of amides is 1. The van der Waals surface area contributed by atoms with Gasteiger partial charge in [0.2, 0.25) is 0 Å². The van der Waals surface area contributed by atoms with Crippen molar-refractivity contribution in [3.05, 3.63) is 38.0 Å². The first-order valence-corrected chi connectivity index (χ1v) is 9.61. The second-order valence-electron chi connectivity index (χ2n) is 6.33. The maximum Gasteiger partial charge on any atom is 0.266 e. The van der Waals surface area contributed by atoms with Crippen LogP contribution in [0.5, 0.6) is 0 Å². The molecule has 1 aliphatic heterocycles. The predicted octanol–water partition coefficient (Wildman–Crippen LogP) is 4.69. The number of nitrogens with zero attached hydrogens (tertiary/aromatic N) is 2. The molecule has 1 unspecified atom stereocenters. The van der Waals surface area contributed by atoms with E-state index in [1.807, 2.05) is 11.8 Å². The van der Waals surface area contributed by atoms with Gasteiger partial charge >= 0.3 is 0 Å². The normalized spacial score (nSPS) is 18.4. The number of hydrogen-bond donors (Lipinski definition) is 0. The first-order valence-electron chi connectivity index (χ1n) is 7.85. The van der Waals surface area contributed by atoms with Crippen LogP contribution in [0.1, 0.15) is 58.7 Å². The largest absolute Gasteiger partial charge is 0.331 e. The molecule has 2 aromatic rings. The van der Waals surface area contributed by atoms with E-state index < -0.39 is 0 Å². The summed E-state index contributed by atoms with van der Waals surface area (Å²) in [6.07, 6.45) is 3.11. The fraction of sp³-hybridized carbons (Fsp3) is 0.529. The van der Waals surface area contributed by atoms with Gasteiger partial charge in [-0.1, -0.05) is 13.8 Å². The summed E-state index contributed by atoms with van der Waals surface area (Å²) in [5.41, 5.74) is 2.17. The molecule has 0 N–H and O–H groups in total. The highest BCUT2D eigenvalue weighted by Crippen LogP contribution is 2.35. The third kappa shape index (κ3) is 3.10. The van der Waals surface area contributed by atoms with Crippen molar-refractivity contribution in [2.75, 3.05) is 6.54 Å². The monoisotopic (exact) mass is 334 g/mol. The summed E-state index contributed by atoms with van der Waals surface area (Å²) < 4.78 is 0. The summed E-state index contributed by atoms with van der Waals surface area (Å²) >= 11 is 3.28. The number of aromatic nitrogens is 1. The lowest BCUT2D eigenvalue weighted by Gasteiger charge is -2.23. The number of hydrogen-bond acceptors (Lipinski definition) is 4. The van der Waals surface area contributed by atoms with Crippen molar-refractivity contribution in [2.45, 2.75) is 46.1 Å². The van der Waals surface area contributed by atoms with E-state index in [9.17, 15) is 4.79 Å². The molecule has 0 aliphatic carbocycles. The van der Waals surface area contributed by atoms with Crippen molar-refractivity contribution in [3.63, 3.8) is 0 Å². The Morgan fingerprint density at radius 2 is 2.32 bits per heavy atom. The van der Waals surface area contributed by atoms with Crippen LogP contribution in [0.2, 0.25) is 0 Å². The Morgan fingerprint density at radius 1 is 1.50 bits per heavy atom. The molecule has 0 saturated carbocycles. The molecule has 0 bridgehead atoms. The Balaban J connectivity index is 1.82. The molecule has 1 amide bonds. The Bertz CT molecular complexity index is 646. The van der Waals surface area contributed by atoms with Gasteiger partial charge in [0.1, 0.15) is 4.88 Å². The van der Waals surface area contributed by atoms with Crippen LogP contribution in [-0.4, -0.2) is 22.3 Å². The van der Waals surface area contributed by atoms with Crippen LogP contribution in [0.25, 0.3) is 0 Å². The van der Waals surface area contributed by atoms with Crippen LogP contribution in [0.15, 0.2) is 16.8 Å². The van der Waals surface area contributed by atoms with Crippen molar-refractivity contribution in [1.29, 1.82) is 0 Å². The molecular weight excluding hydrogens is 312 g/mol. The van der Waals surface area contributed by atoms with Crippen molar-refractivity contribution >= 4 is 28.6 Å². The maximum absolute atomic E-state index is 13.0. The van der Waals surface area contributed by atoms with Crippen LogP contribution < -0.4 is 0 Å². The van der Waals surface area contributed by atoms with E-state index in [0.29, 0.717) is 5.92 Å². The van der Waals surface area contributed by atoms with Crippen molar-refractivity contribution in [1.82, 2.24) is 9.88 Å². The van der Waals surface area contributed by atoms with Crippen molar-refractivity contribution < 1.29 is 4.79 Å². The lowest BCUT2D eigenvalue weighted by molar-refractivity contribution is 0.0740. The first kappa shape index (κ1) is 15.7. The third-order valence-electron chi connectivity index (χ3n) is 4.06. The molecule has 3 rings (SSSR count). The number of carbonyl (C=O) groups is 1. The second-order valence-corrected chi connectivity index (χ2v) is 8.20. The minimum absolute atomic E-state index is 0.165. The van der Waals surface area contributed by atoms with Crippen LogP contribution in [0.4, 0.5) is 0 Å². The molecule has 0 radical (unpaired) electrons. The average Bonchev–Trinajstić information content (AvgIpc) is 3.16. The zero-order valence-electron chi connectivity index (χ0n) is 13.3. The zero-order valence-corrected chi connectivity index (χ0v) is 15.0. The zero-order chi connectivity index (χ0) is 15.7. The number of thiophene rings is 1. The predicted molar refractivity (Wildman–Crippen MR) is 92.7 cm³/mol. The van der Waals surface area contributed by atoms with Gasteiger partial charge in [-0.3, -0.25) is 4.79 Å². The molecule has 0 spiro atoms. The van der Waals surface area contributed by atoms with Gasteiger partial charge in [-0.2, -0.15) is 11.3 Å². The van der Waals surface area contributed by atoms with E-state index in [2.05, 4.69) is 35.7 Å². The number of carbonyl (C=O) groups excluding carboxylic acids is 1. The molecule has 118 valence electrons. The van der Waals surface area contributed by atoms with E-state index in [1.165, 1.54) is 5.56 Å². The second kappa shape index (κ2) is 6.50. The first-order chi connectivity index (χ1) is 10.6. The van der Waals surface area contributed by atoms with E-state index in [4.69, 9.17) is 0 Å². The number of thiazole rings is 1. The van der Waals surface area contributed by atoms with Crippen molar-refractivity contribution in [3.8, 4) is 0 Å². The summed E-state index contributed by atoms with van der Waals surface area (Å²) in [6, 6.07) is 2.39. The van der Waals surface area contributed by atoms with Crippen LogP contribution >= 0.6 is 22.7 Å². The number of likely N-dealkylation sites (tertiary alicyclic amines) is 1. The number of rotatable bonds is 4. The Morgan fingerprint density at radius 3 is 3.00 bits per heavy atom. The smallest absolute Gasteiger partial charge is 0.266 e. The van der Waals surface area contributed by atoms with Crippen LogP contribution in [-0.2, 0) is 6.42 Å². The summed E-state index contributed by atoms with van der Waals surface area (Å²) in [7, 11) is 0. The van der Waals surface area contributed by atoms with Gasteiger partial charge in [0.25, 0.3) is 5.91 Å². The molecule has 3 nitrogen and oxygen atoms in total. The van der Waals surface area contributed by atoms with Gasteiger partial charge in [0.15, 0.2) is 0 Å². The van der Waals surface area contributed by atoms with Gasteiger partial charge in [-0.15, -0.1) is 11.3 Å². The highest BCUT2D eigenvalue weighted by atomic mass is 32.1. The average molecular weight is 335 g/mol. The molecule has 1 atom stereocenters. The quantitative estimate of drug-likeness (QED) is 0.813. The molecule has 1 fully saturated rings. The van der Waals surface area contributed by atoms with E-state index in [0.717, 1.165) is 41.4 Å². The topological polar surface area (TPSA) is 33.2 Å². The molecule has 3 heterocycles. The summed E-state index contributed by atoms with van der Waals surface area (Å²) in [4.78, 5) is 20.5. The van der Waals surface area contributed by atoms with Gasteiger partial charge in [0, 0.05) is 13.0 Å². The van der Waals surface area contributed by atoms with Crippen LogP contribution in [0.3, 0.4) is 0 Å². The minimum atomic E-state index is 0.165. The lowest BCUT2D eigenvalue weighted by atomic mass is 10.1. The number of aryl methyl sites for hydroxylation is 1. The fourth-order valence-corrected chi connectivity index (χ4v) is 4.98. The Kier molecular flexibility index (Phi) is 4.64. The van der Waals surface area contributed by atoms with E-state index in [1.54, 1.807) is 22.7 Å². The molecule has 1 saturated heterocycles. The summed E-state index contributed by atoms with van der Waals surface area (Å²) in [6.45, 7) is 7.19. The van der Waals surface area contributed by atoms with Crippen LogP contribution in [0, 0.1) is 12.8 Å². The molecule has 2 aromatic heterocycles. The lowest BCUT2D eigenvalue weighted by Crippen LogP contribution is -2.30. The highest BCUT2D eigenvalue weighted by Gasteiger charge is 2.32. The maximum atomic E-state index is 13.0. The molecular formula is C17H22N2OS2.